The van der Waals surface area contributed by atoms with Crippen molar-refractivity contribution in [2.75, 3.05) is 7.11 Å². The molecule has 0 unspecified atom stereocenters. The molecule has 0 fully saturated rings. The zero-order valence-electron chi connectivity index (χ0n) is 16.4. The highest BCUT2D eigenvalue weighted by atomic mass is 32.1. The molecule has 32 heavy (non-hydrogen) atoms. The van der Waals surface area contributed by atoms with Crippen LogP contribution in [0.2, 0.25) is 0 Å². The number of halogens is 6. The van der Waals surface area contributed by atoms with E-state index in [0.29, 0.717) is 6.29 Å². The Morgan fingerprint density at radius 2 is 1.75 bits per heavy atom. The summed E-state index contributed by atoms with van der Waals surface area (Å²) < 4.78 is 97.2. The molecule has 0 radical (unpaired) electrons. The van der Waals surface area contributed by atoms with Crippen LogP contribution >= 0.6 is 11.5 Å². The minimum absolute atomic E-state index is 0.0470. The molecular weight excluding hydrogens is 460 g/mol. The average molecular weight is 475 g/mol. The molecule has 0 aliphatic carbocycles. The Bertz CT molecular complexity index is 1110. The molecule has 0 saturated heterocycles. The zero-order chi connectivity index (χ0) is 23.5. The van der Waals surface area contributed by atoms with E-state index in [9.17, 15) is 31.1 Å². The van der Waals surface area contributed by atoms with Crippen LogP contribution in [0.1, 0.15) is 22.4 Å². The minimum atomic E-state index is -4.84. The van der Waals surface area contributed by atoms with Gasteiger partial charge in [0.1, 0.15) is 29.3 Å². The lowest BCUT2D eigenvalue weighted by Gasteiger charge is -2.13. The first-order chi connectivity index (χ1) is 15.2. The summed E-state index contributed by atoms with van der Waals surface area (Å²) in [6.45, 7) is -0.909. The highest BCUT2D eigenvalue weighted by Crippen LogP contribution is 2.41. The van der Waals surface area contributed by atoms with Crippen LogP contribution in [-0.4, -0.2) is 17.8 Å². The largest absolute Gasteiger partial charge is 0.497 e. The summed E-state index contributed by atoms with van der Waals surface area (Å²) in [6.07, 6.45) is -4.12. The van der Waals surface area contributed by atoms with Crippen molar-refractivity contribution in [3.8, 4) is 22.8 Å². The van der Waals surface area contributed by atoms with Gasteiger partial charge in [-0.3, -0.25) is 0 Å². The summed E-state index contributed by atoms with van der Waals surface area (Å²) in [6, 6.07) is 5.37. The number of aryl methyl sites for hydroxylation is 1. The van der Waals surface area contributed by atoms with Gasteiger partial charge in [-0.2, -0.15) is 17.5 Å². The van der Waals surface area contributed by atoms with Gasteiger partial charge < -0.3 is 14.3 Å². The first-order valence-corrected chi connectivity index (χ1v) is 9.87. The smallest absolute Gasteiger partial charge is 0.427 e. The van der Waals surface area contributed by atoms with Crippen molar-refractivity contribution in [3.05, 3.63) is 63.8 Å². The normalized spacial score (nSPS) is 11.5. The maximum absolute atomic E-state index is 14.5. The van der Waals surface area contributed by atoms with Crippen molar-refractivity contribution in [1.82, 2.24) is 4.37 Å². The molecule has 170 valence electrons. The number of hydrogen-bond acceptors (Lipinski definition) is 5. The second-order valence-electron chi connectivity index (χ2n) is 6.57. The Morgan fingerprint density at radius 1 is 1.06 bits per heavy atom. The lowest BCUT2D eigenvalue weighted by atomic mass is 10.1. The lowest BCUT2D eigenvalue weighted by molar-refractivity contribution is -0.135. The van der Waals surface area contributed by atoms with E-state index in [1.54, 1.807) is 0 Å². The van der Waals surface area contributed by atoms with Gasteiger partial charge in [0, 0.05) is 23.6 Å². The second-order valence-corrected chi connectivity index (χ2v) is 7.34. The summed E-state index contributed by atoms with van der Waals surface area (Å²) in [5, 5.41) is 0. The van der Waals surface area contributed by atoms with E-state index in [0.717, 1.165) is 18.2 Å². The third-order valence-corrected chi connectivity index (χ3v) is 5.38. The van der Waals surface area contributed by atoms with Crippen molar-refractivity contribution in [3.63, 3.8) is 0 Å². The fraction of sp³-hybridized carbons (Fsp3) is 0.238. The third-order valence-electron chi connectivity index (χ3n) is 4.45. The summed E-state index contributed by atoms with van der Waals surface area (Å²) in [5.74, 6) is -3.91. The number of hydrogen-bond donors (Lipinski definition) is 0. The summed E-state index contributed by atoms with van der Waals surface area (Å²) in [7, 11) is 1.30. The predicted molar refractivity (Wildman–Crippen MR) is 104 cm³/mol. The molecule has 0 N–H and O–H groups in total. The van der Waals surface area contributed by atoms with Crippen LogP contribution in [0.25, 0.3) is 11.3 Å². The van der Waals surface area contributed by atoms with Gasteiger partial charge in [-0.25, -0.2) is 13.2 Å². The fourth-order valence-electron chi connectivity index (χ4n) is 2.96. The molecule has 11 heteroatoms. The first kappa shape index (κ1) is 23.6. The number of rotatable bonds is 8. The molecule has 2 aromatic carbocycles. The molecule has 1 heterocycles. The minimum Gasteiger partial charge on any atom is -0.497 e. The van der Waals surface area contributed by atoms with E-state index < -0.39 is 46.4 Å². The Labute approximate surface area is 182 Å². The SMILES string of the molecule is COc1ccc(-c2nsc(C(F)(F)F)c2COc2c(F)cc(CCC=O)cc2F)c(F)c1. The Balaban J connectivity index is 1.98. The van der Waals surface area contributed by atoms with Crippen LogP contribution in [0, 0.1) is 17.5 Å². The van der Waals surface area contributed by atoms with E-state index in [4.69, 9.17) is 9.47 Å². The molecule has 3 aromatic rings. The topological polar surface area (TPSA) is 48.4 Å². The first-order valence-electron chi connectivity index (χ1n) is 9.09. The van der Waals surface area contributed by atoms with Crippen LogP contribution in [-0.2, 0) is 24.0 Å². The number of nitrogens with zero attached hydrogens (tertiary/aromatic N) is 1. The number of carbonyl (C=O) groups excluding carboxylic acids is 1. The fourth-order valence-corrected chi connectivity index (χ4v) is 3.72. The van der Waals surface area contributed by atoms with Crippen molar-refractivity contribution >= 4 is 17.8 Å². The van der Waals surface area contributed by atoms with E-state index in [2.05, 4.69) is 4.37 Å². The van der Waals surface area contributed by atoms with Gasteiger partial charge in [0.25, 0.3) is 0 Å². The van der Waals surface area contributed by atoms with Crippen LogP contribution in [0.4, 0.5) is 26.3 Å². The summed E-state index contributed by atoms with van der Waals surface area (Å²) in [5.41, 5.74) is -0.976. The highest BCUT2D eigenvalue weighted by Gasteiger charge is 2.38. The van der Waals surface area contributed by atoms with E-state index >= 15 is 0 Å². The van der Waals surface area contributed by atoms with Gasteiger partial charge in [-0.1, -0.05) is 0 Å². The van der Waals surface area contributed by atoms with Crippen molar-refractivity contribution in [2.45, 2.75) is 25.6 Å². The number of carbonyl (C=O) groups is 1. The second kappa shape index (κ2) is 9.60. The molecule has 0 bridgehead atoms. The number of methoxy groups -OCH3 is 1. The molecule has 0 spiro atoms. The van der Waals surface area contributed by atoms with Crippen LogP contribution in [0.15, 0.2) is 30.3 Å². The molecule has 0 saturated carbocycles. The van der Waals surface area contributed by atoms with Gasteiger partial charge in [0.2, 0.25) is 0 Å². The van der Waals surface area contributed by atoms with Gasteiger partial charge in [0.15, 0.2) is 17.4 Å². The Kier molecular flexibility index (Phi) is 7.07. The molecule has 0 atom stereocenters. The number of aromatic nitrogens is 1. The quantitative estimate of drug-likeness (QED) is 0.298. The van der Waals surface area contributed by atoms with Crippen LogP contribution < -0.4 is 9.47 Å². The molecule has 0 aliphatic rings. The maximum Gasteiger partial charge on any atom is 0.427 e. The monoisotopic (exact) mass is 475 g/mol. The van der Waals surface area contributed by atoms with E-state index in [-0.39, 0.29) is 46.9 Å². The standard InChI is InChI=1S/C21H15F6NO3S/c1-30-12-4-5-13(15(22)9-12)18-14(20(32-28-18)21(25,26)27)10-31-19-16(23)7-11(3-2-6-29)8-17(19)24/h4-9H,2-3,10H2,1H3. The van der Waals surface area contributed by atoms with E-state index in [1.165, 1.54) is 19.2 Å². The lowest BCUT2D eigenvalue weighted by Crippen LogP contribution is -2.10. The molecule has 1 aromatic heterocycles. The summed E-state index contributed by atoms with van der Waals surface area (Å²) >= 11 is 0.0782. The number of alkyl halides is 3. The number of aldehydes is 1. The molecular formula is C21H15F6NO3S. The number of ether oxygens (including phenoxy) is 2. The van der Waals surface area contributed by atoms with Crippen molar-refractivity contribution < 1.29 is 40.6 Å². The van der Waals surface area contributed by atoms with Gasteiger partial charge in [-0.15, -0.1) is 0 Å². The molecule has 3 rings (SSSR count). The maximum atomic E-state index is 14.5. The zero-order valence-corrected chi connectivity index (χ0v) is 17.2. The van der Waals surface area contributed by atoms with Crippen LogP contribution in [0.3, 0.4) is 0 Å². The third kappa shape index (κ3) is 5.04. The molecule has 4 nitrogen and oxygen atoms in total. The van der Waals surface area contributed by atoms with Gasteiger partial charge in [0.05, 0.1) is 12.8 Å². The van der Waals surface area contributed by atoms with Crippen molar-refractivity contribution in [2.24, 2.45) is 0 Å². The summed E-state index contributed by atoms with van der Waals surface area (Å²) in [4.78, 5) is 9.25. The Hall–Kier alpha value is -3.08. The van der Waals surface area contributed by atoms with Gasteiger partial charge in [-0.05, 0) is 47.8 Å². The highest BCUT2D eigenvalue weighted by molar-refractivity contribution is 7.06. The predicted octanol–water partition coefficient (Wildman–Crippen LogP) is 5.97. The van der Waals surface area contributed by atoms with E-state index in [1.807, 2.05) is 0 Å². The Morgan fingerprint density at radius 3 is 2.31 bits per heavy atom. The van der Waals surface area contributed by atoms with Crippen molar-refractivity contribution in [1.29, 1.82) is 0 Å². The van der Waals surface area contributed by atoms with Crippen LogP contribution in [0.5, 0.6) is 11.5 Å². The average Bonchev–Trinajstić information content (AvgIpc) is 3.15. The van der Waals surface area contributed by atoms with Gasteiger partial charge >= 0.3 is 6.18 Å². The molecule has 0 amide bonds. The number of benzene rings is 2. The molecule has 0 aliphatic heterocycles.